The second kappa shape index (κ2) is 12.6. The van der Waals surface area contributed by atoms with E-state index in [9.17, 15) is 4.79 Å². The van der Waals surface area contributed by atoms with Gasteiger partial charge < -0.3 is 20.7 Å². The summed E-state index contributed by atoms with van der Waals surface area (Å²) in [5, 5.41) is 3.15. The van der Waals surface area contributed by atoms with Crippen LogP contribution in [0.3, 0.4) is 0 Å². The van der Waals surface area contributed by atoms with Gasteiger partial charge in [-0.2, -0.15) is 0 Å². The van der Waals surface area contributed by atoms with Crippen LogP contribution in [-0.4, -0.2) is 49.6 Å². The number of nitrogens with two attached hydrogens (primary N) is 1. The molecule has 3 N–H and O–H groups in total. The van der Waals surface area contributed by atoms with Crippen molar-refractivity contribution in [3.8, 4) is 5.75 Å². The molecule has 1 aliphatic heterocycles. The average Bonchev–Trinajstić information content (AvgIpc) is 2.82. The smallest absolute Gasteiger partial charge is 0.251 e. The Morgan fingerprint density at radius 2 is 2.00 bits per heavy atom. The lowest BCUT2D eigenvalue weighted by Gasteiger charge is -2.26. The van der Waals surface area contributed by atoms with Gasteiger partial charge in [-0.3, -0.25) is 4.79 Å². The van der Waals surface area contributed by atoms with Gasteiger partial charge in [-0.05, 0) is 75.5 Å². The number of hydrogen-bond donors (Lipinski definition) is 2. The molecule has 2 atom stereocenters. The van der Waals surface area contributed by atoms with Gasteiger partial charge in [0.05, 0.1) is 6.61 Å². The average molecular weight is 438 g/mol. The lowest BCUT2D eigenvalue weighted by molar-refractivity contribution is -0.117. The molecule has 5 nitrogen and oxygen atoms in total. The summed E-state index contributed by atoms with van der Waals surface area (Å²) in [6.45, 7) is 8.85. The van der Waals surface area contributed by atoms with Crippen molar-refractivity contribution in [2.24, 2.45) is 5.73 Å². The van der Waals surface area contributed by atoms with E-state index in [4.69, 9.17) is 10.5 Å². The van der Waals surface area contributed by atoms with E-state index in [0.717, 1.165) is 36.3 Å². The fourth-order valence-electron chi connectivity index (χ4n) is 4.40. The van der Waals surface area contributed by atoms with Gasteiger partial charge in [0.15, 0.2) is 0 Å². The number of hydrogen-bond acceptors (Lipinski definition) is 4. The largest absolute Gasteiger partial charge is 0.494 e. The highest BCUT2D eigenvalue weighted by atomic mass is 16.5. The summed E-state index contributed by atoms with van der Waals surface area (Å²) < 4.78 is 5.55. The zero-order valence-electron chi connectivity index (χ0n) is 19.7. The molecular formula is C27H39N3O2. The van der Waals surface area contributed by atoms with Crippen molar-refractivity contribution in [3.05, 3.63) is 65.3 Å². The monoisotopic (exact) mass is 437 g/mol. The van der Waals surface area contributed by atoms with Crippen molar-refractivity contribution in [1.29, 1.82) is 0 Å². The minimum atomic E-state index is -0.155. The van der Waals surface area contributed by atoms with E-state index in [0.29, 0.717) is 18.7 Å². The standard InChI is InChI=1S/C27H39N3O2/c1-3-32-23-14-12-22(13-15-23)21(2)20-25(24-10-5-6-11-26(24)28)27(31)29-16-9-19-30-17-7-4-8-18-30/h5-6,10,12-15,20-21,26H,3-4,7-9,11,16-19,28H2,1-2H3,(H,29,31)/b25-20+. The zero-order chi connectivity index (χ0) is 22.8. The van der Waals surface area contributed by atoms with Gasteiger partial charge in [-0.1, -0.05) is 49.8 Å². The maximum absolute atomic E-state index is 13.2. The summed E-state index contributed by atoms with van der Waals surface area (Å²) >= 11 is 0. The molecule has 0 spiro atoms. The molecule has 3 rings (SSSR count). The van der Waals surface area contributed by atoms with Crippen LogP contribution in [0.25, 0.3) is 0 Å². The Hall–Kier alpha value is -2.37. The number of benzene rings is 1. The van der Waals surface area contributed by atoms with Gasteiger partial charge in [0.25, 0.3) is 5.91 Å². The van der Waals surface area contributed by atoms with Crippen molar-refractivity contribution in [2.75, 3.05) is 32.8 Å². The fourth-order valence-corrected chi connectivity index (χ4v) is 4.40. The molecule has 32 heavy (non-hydrogen) atoms. The molecule has 2 aliphatic rings. The molecule has 174 valence electrons. The van der Waals surface area contributed by atoms with Crippen LogP contribution in [0.5, 0.6) is 5.75 Å². The predicted octanol–water partition coefficient (Wildman–Crippen LogP) is 4.32. The highest BCUT2D eigenvalue weighted by molar-refractivity contribution is 5.98. The van der Waals surface area contributed by atoms with Gasteiger partial charge >= 0.3 is 0 Å². The molecule has 0 radical (unpaired) electrons. The topological polar surface area (TPSA) is 67.6 Å². The molecule has 1 aromatic rings. The molecule has 1 saturated heterocycles. The van der Waals surface area contributed by atoms with Crippen LogP contribution in [0, 0.1) is 0 Å². The molecule has 1 amide bonds. The summed E-state index contributed by atoms with van der Waals surface area (Å²) in [6, 6.07) is 7.94. The van der Waals surface area contributed by atoms with E-state index in [2.05, 4.69) is 41.4 Å². The summed E-state index contributed by atoms with van der Waals surface area (Å²) in [4.78, 5) is 15.7. The Balaban J connectivity index is 1.67. The van der Waals surface area contributed by atoms with E-state index in [-0.39, 0.29) is 17.9 Å². The second-order valence-electron chi connectivity index (χ2n) is 8.78. The molecule has 0 saturated carbocycles. The van der Waals surface area contributed by atoms with Gasteiger partial charge in [-0.15, -0.1) is 0 Å². The quantitative estimate of drug-likeness (QED) is 0.423. The number of nitrogens with zero attached hydrogens (tertiary/aromatic N) is 1. The number of allylic oxidation sites excluding steroid dienone is 3. The Morgan fingerprint density at radius 1 is 1.25 bits per heavy atom. The predicted molar refractivity (Wildman–Crippen MR) is 132 cm³/mol. The molecule has 1 aromatic carbocycles. The maximum atomic E-state index is 13.2. The first-order valence-corrected chi connectivity index (χ1v) is 12.2. The Bertz CT molecular complexity index is 820. The minimum absolute atomic E-state index is 0.0292. The van der Waals surface area contributed by atoms with Gasteiger partial charge in [-0.25, -0.2) is 0 Å². The van der Waals surface area contributed by atoms with E-state index in [1.54, 1.807) is 0 Å². The normalized spacial score (nSPS) is 20.5. The number of likely N-dealkylation sites (tertiary alicyclic amines) is 1. The van der Waals surface area contributed by atoms with Crippen molar-refractivity contribution < 1.29 is 9.53 Å². The fraction of sp³-hybridized carbons (Fsp3) is 0.519. The molecule has 2 unspecified atom stereocenters. The van der Waals surface area contributed by atoms with Crippen molar-refractivity contribution >= 4 is 5.91 Å². The van der Waals surface area contributed by atoms with Crippen molar-refractivity contribution in [2.45, 2.75) is 57.9 Å². The maximum Gasteiger partial charge on any atom is 0.251 e. The first kappa shape index (κ1) is 24.3. The van der Waals surface area contributed by atoms with Crippen LogP contribution in [0.2, 0.25) is 0 Å². The highest BCUT2D eigenvalue weighted by Crippen LogP contribution is 2.26. The first-order valence-electron chi connectivity index (χ1n) is 12.2. The second-order valence-corrected chi connectivity index (χ2v) is 8.78. The van der Waals surface area contributed by atoms with Crippen LogP contribution >= 0.6 is 0 Å². The van der Waals surface area contributed by atoms with Crippen LogP contribution in [0.4, 0.5) is 0 Å². The van der Waals surface area contributed by atoms with Crippen LogP contribution in [-0.2, 0) is 4.79 Å². The molecule has 0 aromatic heterocycles. The highest BCUT2D eigenvalue weighted by Gasteiger charge is 2.22. The molecule has 0 bridgehead atoms. The molecule has 1 fully saturated rings. The van der Waals surface area contributed by atoms with Gasteiger partial charge in [0, 0.05) is 24.1 Å². The van der Waals surface area contributed by atoms with E-state index < -0.39 is 0 Å². The number of nitrogens with one attached hydrogen (secondary N) is 1. The SMILES string of the molecule is CCOc1ccc(C(C)/C=C(/C(=O)NCCCN2CCCCC2)C2=CC=CCC2N)cc1. The zero-order valence-corrected chi connectivity index (χ0v) is 19.7. The number of carbonyl (C=O) groups excluding carboxylic acids is 1. The number of ether oxygens (including phenoxy) is 1. The van der Waals surface area contributed by atoms with Gasteiger partial charge in [0.2, 0.25) is 0 Å². The van der Waals surface area contributed by atoms with Crippen LogP contribution in [0.1, 0.15) is 57.4 Å². The summed E-state index contributed by atoms with van der Waals surface area (Å²) in [7, 11) is 0. The van der Waals surface area contributed by atoms with E-state index in [1.807, 2.05) is 31.2 Å². The van der Waals surface area contributed by atoms with Gasteiger partial charge in [0.1, 0.15) is 5.75 Å². The third kappa shape index (κ3) is 7.07. The third-order valence-corrected chi connectivity index (χ3v) is 6.28. The number of amides is 1. The van der Waals surface area contributed by atoms with Crippen LogP contribution < -0.4 is 15.8 Å². The minimum Gasteiger partial charge on any atom is -0.494 e. The molecule has 1 aliphatic carbocycles. The van der Waals surface area contributed by atoms with Crippen LogP contribution in [0.15, 0.2) is 59.7 Å². The van der Waals surface area contributed by atoms with E-state index in [1.165, 1.54) is 32.4 Å². The third-order valence-electron chi connectivity index (χ3n) is 6.28. The molecule has 5 heteroatoms. The number of rotatable bonds is 10. The number of carbonyl (C=O) groups is 1. The summed E-state index contributed by atoms with van der Waals surface area (Å²) in [6.07, 6.45) is 13.7. The lowest BCUT2D eigenvalue weighted by atomic mass is 9.88. The Morgan fingerprint density at radius 3 is 2.69 bits per heavy atom. The first-order chi connectivity index (χ1) is 15.6. The van der Waals surface area contributed by atoms with E-state index >= 15 is 0 Å². The summed E-state index contributed by atoms with van der Waals surface area (Å²) in [5.74, 6) is 0.915. The molecular weight excluding hydrogens is 398 g/mol. The van der Waals surface area contributed by atoms with Crippen molar-refractivity contribution in [3.63, 3.8) is 0 Å². The lowest BCUT2D eigenvalue weighted by Crippen LogP contribution is -2.35. The summed E-state index contributed by atoms with van der Waals surface area (Å²) in [5.41, 5.74) is 9.13. The van der Waals surface area contributed by atoms with Crippen molar-refractivity contribution in [1.82, 2.24) is 10.2 Å². The molecule has 1 heterocycles. The Kier molecular flexibility index (Phi) is 9.57. The number of piperidine rings is 1. The Labute approximate surface area is 193 Å².